The maximum absolute atomic E-state index is 13.0. The number of carbonyl (C=O) groups excluding carboxylic acids is 1. The van der Waals surface area contributed by atoms with Crippen molar-refractivity contribution in [1.29, 1.82) is 0 Å². The fourth-order valence-corrected chi connectivity index (χ4v) is 5.78. The van der Waals surface area contributed by atoms with E-state index in [1.54, 1.807) is 18.2 Å². The van der Waals surface area contributed by atoms with Gasteiger partial charge in [0.15, 0.2) is 11.7 Å². The summed E-state index contributed by atoms with van der Waals surface area (Å²) in [5, 5.41) is 3.13. The number of aryl methyl sites for hydroxylation is 1. The highest BCUT2D eigenvalue weighted by molar-refractivity contribution is 7.89. The molecule has 3 aromatic rings. The Bertz CT molecular complexity index is 1150. The van der Waals surface area contributed by atoms with Gasteiger partial charge in [-0.25, -0.2) is 13.4 Å². The maximum atomic E-state index is 13.0. The van der Waals surface area contributed by atoms with Crippen molar-refractivity contribution in [3.8, 4) is 5.75 Å². The number of sulfonamides is 1. The first-order valence-corrected chi connectivity index (χ1v) is 12.5. The van der Waals surface area contributed by atoms with E-state index in [1.807, 2.05) is 45.0 Å². The predicted molar refractivity (Wildman–Crippen MR) is 124 cm³/mol. The number of hydrogen-bond acceptors (Lipinski definition) is 6. The van der Waals surface area contributed by atoms with Crippen molar-refractivity contribution < 1.29 is 17.9 Å². The molecule has 1 aromatic heterocycles. The summed E-state index contributed by atoms with van der Waals surface area (Å²) >= 11 is 1.24. The number of hydrogen-bond donors (Lipinski definition) is 1. The minimum absolute atomic E-state index is 0.136. The number of ether oxygens (including phenoxy) is 1. The van der Waals surface area contributed by atoms with Gasteiger partial charge in [0.2, 0.25) is 10.0 Å². The molecule has 0 saturated carbocycles. The van der Waals surface area contributed by atoms with Crippen LogP contribution in [0.1, 0.15) is 32.3 Å². The summed E-state index contributed by atoms with van der Waals surface area (Å²) in [5.41, 5.74) is 1.58. The topological polar surface area (TPSA) is 88.6 Å². The predicted octanol–water partition coefficient (Wildman–Crippen LogP) is 4.43. The molecule has 0 aliphatic heterocycles. The van der Waals surface area contributed by atoms with Crippen molar-refractivity contribution >= 4 is 42.6 Å². The molecule has 0 saturated heterocycles. The third-order valence-electron chi connectivity index (χ3n) is 4.64. The van der Waals surface area contributed by atoms with Crippen molar-refractivity contribution in [2.24, 2.45) is 0 Å². The molecule has 1 N–H and O–H groups in total. The van der Waals surface area contributed by atoms with Crippen molar-refractivity contribution in [2.45, 2.75) is 38.5 Å². The molecule has 0 radical (unpaired) electrons. The van der Waals surface area contributed by atoms with Gasteiger partial charge in [-0.3, -0.25) is 10.1 Å². The lowest BCUT2D eigenvalue weighted by Crippen LogP contribution is -2.32. The number of benzene rings is 2. The molecule has 0 atom stereocenters. The first-order valence-electron chi connectivity index (χ1n) is 10.2. The monoisotopic (exact) mass is 461 g/mol. The van der Waals surface area contributed by atoms with E-state index in [0.717, 1.165) is 18.4 Å². The molecule has 1 heterocycles. The molecule has 2 aromatic carbocycles. The number of nitrogens with zero attached hydrogens (tertiary/aromatic N) is 2. The van der Waals surface area contributed by atoms with Crippen molar-refractivity contribution in [3.63, 3.8) is 0 Å². The van der Waals surface area contributed by atoms with E-state index < -0.39 is 10.0 Å². The molecule has 0 spiro atoms. The van der Waals surface area contributed by atoms with E-state index in [9.17, 15) is 13.2 Å². The molecule has 7 nitrogen and oxygen atoms in total. The molecule has 0 aliphatic carbocycles. The SMILES string of the molecule is CCCN(CCC)S(=O)(=O)c1ccc2nc(NC(=O)COc3ccccc3C)sc2c1. The Kier molecular flexibility index (Phi) is 7.64. The second kappa shape index (κ2) is 10.2. The molecular formula is C22H27N3O4S2. The van der Waals surface area contributed by atoms with E-state index in [4.69, 9.17) is 4.74 Å². The summed E-state index contributed by atoms with van der Waals surface area (Å²) < 4.78 is 33.8. The molecule has 9 heteroatoms. The van der Waals surface area contributed by atoms with Gasteiger partial charge in [-0.15, -0.1) is 0 Å². The van der Waals surface area contributed by atoms with Gasteiger partial charge in [-0.1, -0.05) is 43.4 Å². The minimum atomic E-state index is -3.57. The quantitative estimate of drug-likeness (QED) is 0.482. The first kappa shape index (κ1) is 23.2. The summed E-state index contributed by atoms with van der Waals surface area (Å²) in [6, 6.07) is 12.3. The molecule has 31 heavy (non-hydrogen) atoms. The number of nitrogens with one attached hydrogen (secondary N) is 1. The van der Waals surface area contributed by atoms with E-state index in [-0.39, 0.29) is 17.4 Å². The number of rotatable bonds is 10. The molecule has 0 fully saturated rings. The standard InChI is InChI=1S/C22H27N3O4S2/c1-4-12-25(13-5-2)31(27,28)17-10-11-18-20(14-17)30-22(23-18)24-21(26)15-29-19-9-7-6-8-16(19)3/h6-11,14H,4-5,12-13,15H2,1-3H3,(H,23,24,26). The minimum Gasteiger partial charge on any atom is -0.483 e. The summed E-state index contributed by atoms with van der Waals surface area (Å²) in [6.07, 6.45) is 1.51. The van der Waals surface area contributed by atoms with Crippen LogP contribution in [0.4, 0.5) is 5.13 Å². The van der Waals surface area contributed by atoms with Crippen molar-refractivity contribution in [2.75, 3.05) is 25.0 Å². The Morgan fingerprint density at radius 3 is 2.52 bits per heavy atom. The zero-order valence-corrected chi connectivity index (χ0v) is 19.6. The summed E-state index contributed by atoms with van der Waals surface area (Å²) in [4.78, 5) is 16.9. The normalized spacial score (nSPS) is 11.7. The van der Waals surface area contributed by atoms with Crippen LogP contribution in [0, 0.1) is 6.92 Å². The van der Waals surface area contributed by atoms with Crippen LogP contribution in [0.25, 0.3) is 10.2 Å². The van der Waals surface area contributed by atoms with Crippen molar-refractivity contribution in [1.82, 2.24) is 9.29 Å². The highest BCUT2D eigenvalue weighted by atomic mass is 32.2. The average Bonchev–Trinajstić information content (AvgIpc) is 3.14. The van der Waals surface area contributed by atoms with Gasteiger partial charge in [0.1, 0.15) is 5.75 Å². The number of amides is 1. The van der Waals surface area contributed by atoms with Gasteiger partial charge >= 0.3 is 0 Å². The summed E-state index contributed by atoms with van der Waals surface area (Å²) in [7, 11) is -3.57. The van der Waals surface area contributed by atoms with Gasteiger partial charge in [0.25, 0.3) is 5.91 Å². The van der Waals surface area contributed by atoms with Crippen LogP contribution in [-0.4, -0.2) is 43.3 Å². The third kappa shape index (κ3) is 5.61. The maximum Gasteiger partial charge on any atom is 0.264 e. The first-order chi connectivity index (χ1) is 14.8. The Hall–Kier alpha value is -2.49. The Morgan fingerprint density at radius 1 is 1.13 bits per heavy atom. The summed E-state index contributed by atoms with van der Waals surface area (Å²) in [5.74, 6) is 0.327. The lowest BCUT2D eigenvalue weighted by Gasteiger charge is -2.20. The Balaban J connectivity index is 1.73. The number of thiazole rings is 1. The molecule has 0 unspecified atom stereocenters. The van der Waals surface area contributed by atoms with Gasteiger partial charge in [0, 0.05) is 13.1 Å². The van der Waals surface area contributed by atoms with Crippen LogP contribution in [0.15, 0.2) is 47.4 Å². The molecule has 3 rings (SSSR count). The zero-order valence-electron chi connectivity index (χ0n) is 17.9. The highest BCUT2D eigenvalue weighted by Crippen LogP contribution is 2.29. The molecule has 1 amide bonds. The largest absolute Gasteiger partial charge is 0.483 e. The Morgan fingerprint density at radius 2 is 1.84 bits per heavy atom. The van der Waals surface area contributed by atoms with Gasteiger partial charge in [0.05, 0.1) is 15.1 Å². The van der Waals surface area contributed by atoms with Crippen LogP contribution in [-0.2, 0) is 14.8 Å². The van der Waals surface area contributed by atoms with Crippen molar-refractivity contribution in [3.05, 3.63) is 48.0 Å². The fourth-order valence-electron chi connectivity index (χ4n) is 3.14. The van der Waals surface area contributed by atoms with E-state index in [1.165, 1.54) is 15.6 Å². The number of aromatic nitrogens is 1. The number of carbonyl (C=O) groups is 1. The molecule has 166 valence electrons. The summed E-state index contributed by atoms with van der Waals surface area (Å²) in [6.45, 7) is 6.67. The van der Waals surface area contributed by atoms with Gasteiger partial charge < -0.3 is 4.74 Å². The van der Waals surface area contributed by atoms with E-state index in [2.05, 4.69) is 10.3 Å². The van der Waals surface area contributed by atoms with Crippen LogP contribution in [0.5, 0.6) is 5.75 Å². The molecule has 0 bridgehead atoms. The van der Waals surface area contributed by atoms with E-state index >= 15 is 0 Å². The number of fused-ring (bicyclic) bond motifs is 1. The molecular weight excluding hydrogens is 434 g/mol. The third-order valence-corrected chi connectivity index (χ3v) is 7.47. The Labute approximate surface area is 187 Å². The highest BCUT2D eigenvalue weighted by Gasteiger charge is 2.24. The van der Waals surface area contributed by atoms with Gasteiger partial charge in [-0.2, -0.15) is 4.31 Å². The van der Waals surface area contributed by atoms with Crippen LogP contribution in [0.3, 0.4) is 0 Å². The lowest BCUT2D eigenvalue weighted by atomic mass is 10.2. The van der Waals surface area contributed by atoms with E-state index in [0.29, 0.717) is 34.2 Å². The smallest absolute Gasteiger partial charge is 0.264 e. The van der Waals surface area contributed by atoms with Crippen LogP contribution in [0.2, 0.25) is 0 Å². The number of anilines is 1. The zero-order chi connectivity index (χ0) is 22.4. The average molecular weight is 462 g/mol. The second-order valence-electron chi connectivity index (χ2n) is 7.15. The van der Waals surface area contributed by atoms with Crippen LogP contribution >= 0.6 is 11.3 Å². The fraction of sp³-hybridized carbons (Fsp3) is 0.364. The van der Waals surface area contributed by atoms with Crippen LogP contribution < -0.4 is 10.1 Å². The van der Waals surface area contributed by atoms with Gasteiger partial charge in [-0.05, 0) is 49.6 Å². The number of para-hydroxylation sites is 1. The second-order valence-corrected chi connectivity index (χ2v) is 10.1. The molecule has 0 aliphatic rings. The lowest BCUT2D eigenvalue weighted by molar-refractivity contribution is -0.118.